The third-order valence-corrected chi connectivity index (χ3v) is 7.59. The summed E-state index contributed by atoms with van der Waals surface area (Å²) in [5.41, 5.74) is 1.74. The number of hydrogen-bond donors (Lipinski definition) is 3. The molecule has 3 amide bonds. The average molecular weight is 498 g/mol. The smallest absolute Gasteiger partial charge is 0.434 e. The van der Waals surface area contributed by atoms with E-state index < -0.39 is 40.5 Å². The minimum Gasteiger partial charge on any atom is -0.443 e. The van der Waals surface area contributed by atoms with Gasteiger partial charge in [-0.1, -0.05) is 6.08 Å². The number of aromatic nitrogens is 2. The number of rotatable bonds is 6. The van der Waals surface area contributed by atoms with Crippen molar-refractivity contribution in [1.29, 1.82) is 0 Å². The van der Waals surface area contributed by atoms with Crippen LogP contribution in [0.3, 0.4) is 0 Å². The van der Waals surface area contributed by atoms with Crippen molar-refractivity contribution in [2.45, 2.75) is 63.8 Å². The van der Waals surface area contributed by atoms with Crippen molar-refractivity contribution in [2.75, 3.05) is 7.05 Å². The zero-order chi connectivity index (χ0) is 25.8. The molecule has 0 aliphatic heterocycles. The number of halogens is 3. The Kier molecular flexibility index (Phi) is 6.13. The van der Waals surface area contributed by atoms with Crippen LogP contribution in [-0.4, -0.2) is 46.4 Å². The van der Waals surface area contributed by atoms with E-state index >= 15 is 0 Å². The fourth-order valence-electron chi connectivity index (χ4n) is 6.33. The third-order valence-electron chi connectivity index (χ3n) is 7.59. The zero-order valence-electron chi connectivity index (χ0n) is 19.8. The lowest BCUT2D eigenvalue weighted by atomic mass is 9.52. The first-order valence-electron chi connectivity index (χ1n) is 11.6. The van der Waals surface area contributed by atoms with E-state index in [0.29, 0.717) is 23.4 Å². The van der Waals surface area contributed by atoms with Crippen molar-refractivity contribution in [3.63, 3.8) is 0 Å². The van der Waals surface area contributed by atoms with Gasteiger partial charge >= 0.3 is 12.3 Å². The first kappa shape index (κ1) is 25.1. The van der Waals surface area contributed by atoms with Crippen molar-refractivity contribution < 1.29 is 32.3 Å². The molecule has 4 fully saturated rings. The monoisotopic (exact) mass is 497 g/mol. The van der Waals surface area contributed by atoms with E-state index in [1.165, 1.54) is 13.1 Å². The molecule has 5 rings (SSSR count). The topological polar surface area (TPSA) is 128 Å². The van der Waals surface area contributed by atoms with Gasteiger partial charge in [0.1, 0.15) is 5.60 Å². The molecule has 4 aliphatic rings. The second kappa shape index (κ2) is 8.56. The van der Waals surface area contributed by atoms with Gasteiger partial charge in [0.15, 0.2) is 5.69 Å². The van der Waals surface area contributed by atoms with E-state index in [9.17, 15) is 27.6 Å². The highest BCUT2D eigenvalue weighted by Gasteiger charge is 2.57. The molecular weight excluding hydrogens is 467 g/mol. The fraction of sp³-hybridized carbons (Fsp3) is 0.652. The summed E-state index contributed by atoms with van der Waals surface area (Å²) in [5, 5.41) is 9.04. The predicted octanol–water partition coefficient (Wildman–Crippen LogP) is 2.92. The van der Waals surface area contributed by atoms with Crippen LogP contribution in [0.25, 0.3) is 6.20 Å². The fourth-order valence-corrected chi connectivity index (χ4v) is 6.33. The molecule has 1 heterocycles. The summed E-state index contributed by atoms with van der Waals surface area (Å²) >= 11 is 0. The Morgan fingerprint density at radius 2 is 1.83 bits per heavy atom. The molecule has 4 bridgehead atoms. The molecule has 35 heavy (non-hydrogen) atoms. The molecule has 1 aromatic rings. The summed E-state index contributed by atoms with van der Waals surface area (Å²) in [6, 6.07) is -0.323. The van der Waals surface area contributed by atoms with E-state index in [2.05, 4.69) is 15.7 Å². The maximum absolute atomic E-state index is 14.0. The molecule has 0 radical (unpaired) electrons. The van der Waals surface area contributed by atoms with Gasteiger partial charge in [0, 0.05) is 19.3 Å². The minimum absolute atomic E-state index is 0.0119. The molecule has 4 aliphatic carbocycles. The number of nitrogens with one attached hydrogen (secondary N) is 2. The van der Waals surface area contributed by atoms with Crippen molar-refractivity contribution >= 4 is 24.1 Å². The van der Waals surface area contributed by atoms with Crippen molar-refractivity contribution in [3.8, 4) is 0 Å². The number of amides is 3. The maximum atomic E-state index is 14.0. The highest BCUT2D eigenvalue weighted by atomic mass is 19.4. The number of hydrogen-bond acceptors (Lipinski definition) is 5. The molecule has 2 atom stereocenters. The van der Waals surface area contributed by atoms with E-state index in [-0.39, 0.29) is 23.8 Å². The molecular formula is C23H30F3N5O4. The summed E-state index contributed by atoms with van der Waals surface area (Å²) < 4.78 is 48.0. The Labute approximate surface area is 200 Å². The number of primary amides is 1. The Bertz CT molecular complexity index is 1050. The second-order valence-corrected chi connectivity index (χ2v) is 10.5. The van der Waals surface area contributed by atoms with Gasteiger partial charge < -0.3 is 21.1 Å². The van der Waals surface area contributed by atoms with Gasteiger partial charge in [0.2, 0.25) is 5.91 Å². The average Bonchev–Trinajstić information content (AvgIpc) is 3.17. The van der Waals surface area contributed by atoms with Gasteiger partial charge in [-0.2, -0.15) is 18.3 Å². The summed E-state index contributed by atoms with van der Waals surface area (Å²) in [6.07, 6.45) is 0.955. The van der Waals surface area contributed by atoms with Crippen LogP contribution in [0.4, 0.5) is 18.0 Å². The SMILES string of the molecule is CNC(=O)C(C)(C)C=Cn1ncc(C(=O)NC2C3CC4CC2CC(OC(N)=O)(C4)C3)c1C(F)(F)F. The van der Waals surface area contributed by atoms with Crippen molar-refractivity contribution in [3.05, 3.63) is 23.5 Å². The zero-order valence-corrected chi connectivity index (χ0v) is 19.8. The summed E-state index contributed by atoms with van der Waals surface area (Å²) in [6.45, 7) is 3.10. The van der Waals surface area contributed by atoms with Gasteiger partial charge in [-0.25, -0.2) is 9.48 Å². The van der Waals surface area contributed by atoms with Gasteiger partial charge in [0.05, 0.1) is 17.2 Å². The molecule has 4 saturated carbocycles. The summed E-state index contributed by atoms with van der Waals surface area (Å²) in [4.78, 5) is 36.5. The largest absolute Gasteiger partial charge is 0.443 e. The van der Waals surface area contributed by atoms with E-state index in [1.54, 1.807) is 13.8 Å². The summed E-state index contributed by atoms with van der Waals surface area (Å²) in [7, 11) is 1.43. The number of nitrogens with two attached hydrogens (primary N) is 1. The first-order chi connectivity index (χ1) is 16.2. The molecule has 1 aromatic heterocycles. The Morgan fingerprint density at radius 1 is 1.20 bits per heavy atom. The van der Waals surface area contributed by atoms with Gasteiger partial charge in [-0.05, 0) is 63.7 Å². The number of nitrogens with zero attached hydrogens (tertiary/aromatic N) is 2. The lowest BCUT2D eigenvalue weighted by Gasteiger charge is -2.58. The standard InChI is InChI=1S/C23H30F3N5O4/c1-21(2,19(33)28-3)4-5-31-17(23(24,25)26)15(11-29-31)18(32)30-16-13-6-12-7-14(16)10-22(8-12,9-13)35-20(27)34/h4-5,11-14,16H,6-10H2,1-3H3,(H2,27,34)(H,28,33)(H,30,32). The normalized spacial score (nSPS) is 29.9. The van der Waals surface area contributed by atoms with Gasteiger partial charge in [-0.15, -0.1) is 0 Å². The quantitative estimate of drug-likeness (QED) is 0.557. The maximum Gasteiger partial charge on any atom is 0.434 e. The number of carbonyl (C=O) groups excluding carboxylic acids is 3. The predicted molar refractivity (Wildman–Crippen MR) is 119 cm³/mol. The third kappa shape index (κ3) is 4.74. The molecule has 9 nitrogen and oxygen atoms in total. The summed E-state index contributed by atoms with van der Waals surface area (Å²) in [5.74, 6) is -0.927. The molecule has 2 unspecified atom stereocenters. The highest BCUT2D eigenvalue weighted by molar-refractivity contribution is 5.95. The molecule has 12 heteroatoms. The van der Waals surface area contributed by atoms with E-state index in [1.807, 2.05) is 0 Å². The van der Waals surface area contributed by atoms with Crippen LogP contribution in [-0.2, 0) is 15.7 Å². The first-order valence-corrected chi connectivity index (χ1v) is 11.6. The van der Waals surface area contributed by atoms with Crippen LogP contribution >= 0.6 is 0 Å². The van der Waals surface area contributed by atoms with E-state index in [4.69, 9.17) is 10.5 Å². The van der Waals surface area contributed by atoms with E-state index in [0.717, 1.165) is 31.7 Å². The van der Waals surface area contributed by atoms with Crippen LogP contribution in [0, 0.1) is 23.2 Å². The van der Waals surface area contributed by atoms with Gasteiger partial charge in [0.25, 0.3) is 5.91 Å². The molecule has 4 N–H and O–H groups in total. The van der Waals surface area contributed by atoms with Crippen LogP contribution in [0.2, 0.25) is 0 Å². The number of carbonyl (C=O) groups is 3. The van der Waals surface area contributed by atoms with Crippen LogP contribution in [0.1, 0.15) is 62.0 Å². The van der Waals surface area contributed by atoms with Crippen molar-refractivity contribution in [1.82, 2.24) is 20.4 Å². The van der Waals surface area contributed by atoms with Gasteiger partial charge in [-0.3, -0.25) is 9.59 Å². The number of alkyl halides is 3. The lowest BCUT2D eigenvalue weighted by molar-refractivity contribution is -0.143. The Balaban J connectivity index is 1.56. The van der Waals surface area contributed by atoms with Crippen LogP contribution in [0.15, 0.2) is 12.3 Å². The Hall–Kier alpha value is -3.05. The lowest BCUT2D eigenvalue weighted by Crippen LogP contribution is -2.63. The highest BCUT2D eigenvalue weighted by Crippen LogP contribution is 2.57. The molecule has 0 aromatic carbocycles. The molecule has 0 spiro atoms. The Morgan fingerprint density at radius 3 is 2.37 bits per heavy atom. The number of ether oxygens (including phenoxy) is 1. The van der Waals surface area contributed by atoms with Crippen LogP contribution < -0.4 is 16.4 Å². The molecule has 0 saturated heterocycles. The van der Waals surface area contributed by atoms with Crippen LogP contribution in [0.5, 0.6) is 0 Å². The molecule has 192 valence electrons. The second-order valence-electron chi connectivity index (χ2n) is 10.5. The minimum atomic E-state index is -4.85. The van der Waals surface area contributed by atoms with Crippen molar-refractivity contribution in [2.24, 2.45) is 28.9 Å².